The second kappa shape index (κ2) is 4.04. The van der Waals surface area contributed by atoms with Gasteiger partial charge in [0.05, 0.1) is 5.52 Å². The third kappa shape index (κ3) is 1.89. The van der Waals surface area contributed by atoms with Crippen LogP contribution in [0, 0.1) is 0 Å². The number of aromatic nitrogens is 1. The molecule has 1 aromatic carbocycles. The van der Waals surface area contributed by atoms with Crippen LogP contribution in [0.15, 0.2) is 27.4 Å². The Morgan fingerprint density at radius 1 is 1.47 bits per heavy atom. The van der Waals surface area contributed by atoms with Crippen LogP contribution in [0.1, 0.15) is 24.8 Å². The van der Waals surface area contributed by atoms with Crippen molar-refractivity contribution in [3.8, 4) is 0 Å². The first kappa shape index (κ1) is 10.6. The van der Waals surface area contributed by atoms with E-state index < -0.39 is 0 Å². The molecule has 0 radical (unpaired) electrons. The zero-order valence-electron chi connectivity index (χ0n) is 9.90. The molecule has 1 aromatic heterocycles. The van der Waals surface area contributed by atoms with Crippen LogP contribution in [0.5, 0.6) is 0 Å². The minimum atomic E-state index is -0.302. The lowest BCUT2D eigenvalue weighted by atomic mass is 9.93. The number of benzene rings is 1. The van der Waals surface area contributed by atoms with Crippen molar-refractivity contribution in [3.63, 3.8) is 0 Å². The van der Waals surface area contributed by atoms with Gasteiger partial charge in [-0.05, 0) is 30.5 Å². The van der Waals surface area contributed by atoms with Gasteiger partial charge in [-0.2, -0.15) is 0 Å². The average Bonchev–Trinajstić information content (AvgIpc) is 2.52. The van der Waals surface area contributed by atoms with E-state index in [4.69, 9.17) is 4.42 Å². The molecule has 1 saturated carbocycles. The first-order valence-corrected chi connectivity index (χ1v) is 6.06. The van der Waals surface area contributed by atoms with Gasteiger partial charge in [0, 0.05) is 19.6 Å². The fraction of sp³-hybridized carbons (Fsp3) is 0.462. The predicted octanol–water partition coefficient (Wildman–Crippen LogP) is 1.77. The van der Waals surface area contributed by atoms with Gasteiger partial charge in [0.25, 0.3) is 0 Å². The molecule has 3 rings (SSSR count). The third-order valence-electron chi connectivity index (χ3n) is 3.56. The molecular weight excluding hydrogens is 216 g/mol. The minimum absolute atomic E-state index is 0.302. The molecular formula is C13H16N2O2. The first-order valence-electron chi connectivity index (χ1n) is 6.06. The van der Waals surface area contributed by atoms with Crippen LogP contribution in [0.4, 0.5) is 0 Å². The van der Waals surface area contributed by atoms with Gasteiger partial charge in [0.2, 0.25) is 0 Å². The van der Waals surface area contributed by atoms with Crippen molar-refractivity contribution < 1.29 is 4.42 Å². The van der Waals surface area contributed by atoms with E-state index in [2.05, 4.69) is 5.32 Å². The summed E-state index contributed by atoms with van der Waals surface area (Å²) < 4.78 is 6.69. The molecule has 1 fully saturated rings. The Bertz CT molecular complexity index is 593. The highest BCUT2D eigenvalue weighted by Crippen LogP contribution is 2.19. The summed E-state index contributed by atoms with van der Waals surface area (Å²) in [6.07, 6.45) is 3.90. The Morgan fingerprint density at radius 2 is 2.29 bits per heavy atom. The molecule has 2 aromatic rings. The molecule has 4 heteroatoms. The van der Waals surface area contributed by atoms with E-state index in [9.17, 15) is 4.79 Å². The van der Waals surface area contributed by atoms with Gasteiger partial charge in [0.15, 0.2) is 5.58 Å². The molecule has 0 aliphatic heterocycles. The summed E-state index contributed by atoms with van der Waals surface area (Å²) in [5.74, 6) is -0.302. The van der Waals surface area contributed by atoms with E-state index >= 15 is 0 Å². The quantitative estimate of drug-likeness (QED) is 0.877. The van der Waals surface area contributed by atoms with Crippen LogP contribution < -0.4 is 11.1 Å². The normalized spacial score (nSPS) is 16.3. The summed E-state index contributed by atoms with van der Waals surface area (Å²) >= 11 is 0. The van der Waals surface area contributed by atoms with Crippen molar-refractivity contribution >= 4 is 11.1 Å². The van der Waals surface area contributed by atoms with Crippen molar-refractivity contribution in [1.82, 2.24) is 9.88 Å². The number of oxazole rings is 1. The molecule has 4 nitrogen and oxygen atoms in total. The second-order valence-electron chi connectivity index (χ2n) is 4.74. The van der Waals surface area contributed by atoms with Crippen LogP contribution in [-0.4, -0.2) is 10.6 Å². The maximum Gasteiger partial charge on any atom is 0.419 e. The zero-order valence-corrected chi connectivity index (χ0v) is 9.90. The molecule has 1 heterocycles. The highest BCUT2D eigenvalue weighted by atomic mass is 16.4. The van der Waals surface area contributed by atoms with Crippen molar-refractivity contribution in [2.24, 2.45) is 7.05 Å². The van der Waals surface area contributed by atoms with E-state index in [1.165, 1.54) is 29.4 Å². The maximum absolute atomic E-state index is 11.4. The van der Waals surface area contributed by atoms with Crippen LogP contribution in [0.2, 0.25) is 0 Å². The average molecular weight is 232 g/mol. The summed E-state index contributed by atoms with van der Waals surface area (Å²) in [6, 6.07) is 6.61. The fourth-order valence-electron chi connectivity index (χ4n) is 2.16. The molecule has 90 valence electrons. The molecule has 1 aliphatic rings. The van der Waals surface area contributed by atoms with Gasteiger partial charge < -0.3 is 9.73 Å². The lowest BCUT2D eigenvalue weighted by Gasteiger charge is -2.26. The van der Waals surface area contributed by atoms with Crippen molar-refractivity contribution in [2.45, 2.75) is 31.8 Å². The number of aryl methyl sites for hydroxylation is 1. The first-order chi connectivity index (χ1) is 8.24. The predicted molar refractivity (Wildman–Crippen MR) is 65.9 cm³/mol. The summed E-state index contributed by atoms with van der Waals surface area (Å²) in [7, 11) is 1.72. The van der Waals surface area contributed by atoms with Gasteiger partial charge in [-0.3, -0.25) is 4.57 Å². The molecule has 0 atom stereocenters. The smallest absolute Gasteiger partial charge is 0.408 e. The van der Waals surface area contributed by atoms with Crippen LogP contribution in [-0.2, 0) is 13.6 Å². The van der Waals surface area contributed by atoms with Crippen molar-refractivity contribution in [2.75, 3.05) is 0 Å². The number of rotatable bonds is 3. The fourth-order valence-corrected chi connectivity index (χ4v) is 2.16. The summed E-state index contributed by atoms with van der Waals surface area (Å²) in [4.78, 5) is 11.4. The van der Waals surface area contributed by atoms with Crippen molar-refractivity contribution in [3.05, 3.63) is 34.3 Å². The van der Waals surface area contributed by atoms with E-state index in [1.807, 2.05) is 18.2 Å². The number of hydrogen-bond acceptors (Lipinski definition) is 3. The number of fused-ring (bicyclic) bond motifs is 1. The van der Waals surface area contributed by atoms with Crippen molar-refractivity contribution in [1.29, 1.82) is 0 Å². The molecule has 1 aliphatic carbocycles. The van der Waals surface area contributed by atoms with E-state index in [0.29, 0.717) is 11.6 Å². The largest absolute Gasteiger partial charge is 0.419 e. The Hall–Kier alpha value is -1.55. The SMILES string of the molecule is Cn1c(=O)oc2cc(CNC3CCC3)ccc21. The minimum Gasteiger partial charge on any atom is -0.408 e. The monoisotopic (exact) mass is 232 g/mol. The Kier molecular flexibility index (Phi) is 2.52. The summed E-state index contributed by atoms with van der Waals surface area (Å²) in [5, 5.41) is 3.49. The molecule has 17 heavy (non-hydrogen) atoms. The van der Waals surface area contributed by atoms with Crippen LogP contribution in [0.3, 0.4) is 0 Å². The van der Waals surface area contributed by atoms with E-state index in [-0.39, 0.29) is 5.76 Å². The third-order valence-corrected chi connectivity index (χ3v) is 3.56. The molecule has 0 unspecified atom stereocenters. The van der Waals surface area contributed by atoms with Crippen LogP contribution >= 0.6 is 0 Å². The van der Waals surface area contributed by atoms with Crippen LogP contribution in [0.25, 0.3) is 11.1 Å². The standard InChI is InChI=1S/C13H16N2O2/c1-15-11-6-5-9(7-12(11)17-13(15)16)8-14-10-3-2-4-10/h5-7,10,14H,2-4,8H2,1H3. The van der Waals surface area contributed by atoms with E-state index in [0.717, 1.165) is 12.1 Å². The van der Waals surface area contributed by atoms with Gasteiger partial charge in [-0.15, -0.1) is 0 Å². The number of nitrogens with one attached hydrogen (secondary N) is 1. The molecule has 1 N–H and O–H groups in total. The molecule has 0 bridgehead atoms. The lowest BCUT2D eigenvalue weighted by Crippen LogP contribution is -2.34. The maximum atomic E-state index is 11.4. The molecule has 0 saturated heterocycles. The Morgan fingerprint density at radius 3 is 3.00 bits per heavy atom. The Balaban J connectivity index is 1.83. The highest BCUT2D eigenvalue weighted by molar-refractivity contribution is 5.73. The second-order valence-corrected chi connectivity index (χ2v) is 4.74. The molecule has 0 amide bonds. The van der Waals surface area contributed by atoms with Gasteiger partial charge in [0.1, 0.15) is 0 Å². The summed E-state index contributed by atoms with van der Waals surface area (Å²) in [5.41, 5.74) is 2.69. The zero-order chi connectivity index (χ0) is 11.8. The van der Waals surface area contributed by atoms with E-state index in [1.54, 1.807) is 7.05 Å². The Labute approximate surface area is 99.2 Å². The highest BCUT2D eigenvalue weighted by Gasteiger charge is 2.16. The summed E-state index contributed by atoms with van der Waals surface area (Å²) in [6.45, 7) is 0.846. The van der Waals surface area contributed by atoms with Gasteiger partial charge in [-0.25, -0.2) is 4.79 Å². The lowest BCUT2D eigenvalue weighted by molar-refractivity contribution is 0.338. The number of nitrogens with zero attached hydrogens (tertiary/aromatic N) is 1. The molecule has 0 spiro atoms. The van der Waals surface area contributed by atoms with Gasteiger partial charge in [-0.1, -0.05) is 12.5 Å². The number of hydrogen-bond donors (Lipinski definition) is 1. The topological polar surface area (TPSA) is 47.2 Å². The van der Waals surface area contributed by atoms with Gasteiger partial charge >= 0.3 is 5.76 Å².